The van der Waals surface area contributed by atoms with Gasteiger partial charge in [-0.2, -0.15) is 0 Å². The first-order valence-electron chi connectivity index (χ1n) is 6.55. The molecule has 2 heterocycles. The first-order valence-corrected chi connectivity index (χ1v) is 6.55. The van der Waals surface area contributed by atoms with Gasteiger partial charge in [-0.05, 0) is 43.7 Å². The highest BCUT2D eigenvalue weighted by Gasteiger charge is 2.29. The molecule has 1 N–H and O–H groups in total. The molecule has 0 aromatic carbocycles. The predicted molar refractivity (Wildman–Crippen MR) is 72.4 cm³/mol. The second kappa shape index (κ2) is 6.05. The van der Waals surface area contributed by atoms with Gasteiger partial charge in [0.15, 0.2) is 0 Å². The molecule has 3 nitrogen and oxygen atoms in total. The van der Waals surface area contributed by atoms with Crippen LogP contribution in [-0.2, 0) is 4.79 Å². The van der Waals surface area contributed by atoms with E-state index in [-0.39, 0.29) is 12.4 Å². The van der Waals surface area contributed by atoms with E-state index in [0.717, 1.165) is 45.4 Å². The smallest absolute Gasteiger partial charge is 0.222 e. The van der Waals surface area contributed by atoms with Gasteiger partial charge in [0.2, 0.25) is 5.91 Å². The lowest BCUT2D eigenvalue weighted by atomic mass is 9.82. The average Bonchev–Trinajstić information content (AvgIpc) is 2.70. The molecule has 0 aromatic rings. The number of halogens is 1. The van der Waals surface area contributed by atoms with Crippen LogP contribution < -0.4 is 5.32 Å². The fourth-order valence-corrected chi connectivity index (χ4v) is 2.63. The summed E-state index contributed by atoms with van der Waals surface area (Å²) in [5.74, 6) is 0.964. The first kappa shape index (κ1) is 14.8. The lowest BCUT2D eigenvalue weighted by molar-refractivity contribution is -0.134. The molecule has 2 saturated heterocycles. The van der Waals surface area contributed by atoms with Gasteiger partial charge in [-0.3, -0.25) is 4.79 Å². The van der Waals surface area contributed by atoms with Crippen molar-refractivity contribution in [3.8, 4) is 0 Å². The predicted octanol–water partition coefficient (Wildman–Crippen LogP) is 2.06. The summed E-state index contributed by atoms with van der Waals surface area (Å²) in [5, 5.41) is 3.32. The monoisotopic (exact) mass is 260 g/mol. The van der Waals surface area contributed by atoms with Crippen LogP contribution in [0.5, 0.6) is 0 Å². The summed E-state index contributed by atoms with van der Waals surface area (Å²) >= 11 is 0. The number of hydrogen-bond donors (Lipinski definition) is 1. The molecule has 4 heteroatoms. The Hall–Kier alpha value is -0.280. The summed E-state index contributed by atoms with van der Waals surface area (Å²) in [5.41, 5.74) is 0.436. The van der Waals surface area contributed by atoms with Gasteiger partial charge in [0.05, 0.1) is 0 Å². The zero-order valence-corrected chi connectivity index (χ0v) is 11.8. The third-order valence-corrected chi connectivity index (χ3v) is 4.10. The van der Waals surface area contributed by atoms with E-state index in [1.165, 1.54) is 6.42 Å². The van der Waals surface area contributed by atoms with Crippen LogP contribution in [0.15, 0.2) is 0 Å². The molecule has 2 fully saturated rings. The lowest BCUT2D eigenvalue weighted by Gasteiger charge is -2.37. The maximum Gasteiger partial charge on any atom is 0.222 e. The maximum atomic E-state index is 12.1. The summed E-state index contributed by atoms with van der Waals surface area (Å²) in [6.07, 6.45) is 4.24. The van der Waals surface area contributed by atoms with Crippen molar-refractivity contribution < 1.29 is 4.79 Å². The number of piperidine rings is 1. The molecule has 2 aliphatic heterocycles. The van der Waals surface area contributed by atoms with Crippen LogP contribution in [0, 0.1) is 11.3 Å². The van der Waals surface area contributed by atoms with Gasteiger partial charge >= 0.3 is 0 Å². The second-order valence-electron chi connectivity index (χ2n) is 6.11. The second-order valence-corrected chi connectivity index (χ2v) is 6.11. The van der Waals surface area contributed by atoms with E-state index in [1.54, 1.807) is 0 Å². The number of likely N-dealkylation sites (tertiary alicyclic amines) is 1. The van der Waals surface area contributed by atoms with Gasteiger partial charge in [0, 0.05) is 19.5 Å². The van der Waals surface area contributed by atoms with Gasteiger partial charge < -0.3 is 10.2 Å². The van der Waals surface area contributed by atoms with E-state index in [0.29, 0.717) is 17.2 Å². The molecular weight excluding hydrogens is 236 g/mol. The van der Waals surface area contributed by atoms with Gasteiger partial charge in [-0.1, -0.05) is 13.8 Å². The number of nitrogens with zero attached hydrogens (tertiary/aromatic N) is 1. The number of hydrogen-bond acceptors (Lipinski definition) is 2. The molecule has 0 aromatic heterocycles. The zero-order valence-electron chi connectivity index (χ0n) is 11.0. The normalized spacial score (nSPS) is 27.6. The topological polar surface area (TPSA) is 32.3 Å². The van der Waals surface area contributed by atoms with E-state index in [1.807, 2.05) is 0 Å². The van der Waals surface area contributed by atoms with Crippen LogP contribution in [0.2, 0.25) is 0 Å². The molecule has 0 saturated carbocycles. The summed E-state index contributed by atoms with van der Waals surface area (Å²) in [6, 6.07) is 0. The Bertz CT molecular complexity index is 252. The van der Waals surface area contributed by atoms with Crippen molar-refractivity contribution in [1.82, 2.24) is 10.2 Å². The molecule has 0 aliphatic carbocycles. The molecule has 0 bridgehead atoms. The number of rotatable bonds is 2. The van der Waals surface area contributed by atoms with Gasteiger partial charge in [0.25, 0.3) is 0 Å². The summed E-state index contributed by atoms with van der Waals surface area (Å²) in [4.78, 5) is 14.1. The van der Waals surface area contributed by atoms with E-state index in [2.05, 4.69) is 24.1 Å². The molecule has 0 spiro atoms. The minimum absolute atomic E-state index is 0. The Morgan fingerprint density at radius 3 is 2.53 bits per heavy atom. The Morgan fingerprint density at radius 1 is 1.35 bits per heavy atom. The Morgan fingerprint density at radius 2 is 2.00 bits per heavy atom. The number of nitrogens with one attached hydrogen (secondary N) is 1. The Labute approximate surface area is 111 Å². The Kier molecular flexibility index (Phi) is 5.26. The number of amides is 1. The minimum atomic E-state index is 0. The lowest BCUT2D eigenvalue weighted by Crippen LogP contribution is -2.41. The maximum absolute atomic E-state index is 12.1. The molecule has 2 aliphatic rings. The SMILES string of the molecule is CC1(C)CCN(C(=O)CC2CCNC2)CC1.Cl. The van der Waals surface area contributed by atoms with Crippen LogP contribution in [-0.4, -0.2) is 37.0 Å². The van der Waals surface area contributed by atoms with Gasteiger partial charge in [0.1, 0.15) is 0 Å². The highest BCUT2D eigenvalue weighted by molar-refractivity contribution is 5.85. The Balaban J connectivity index is 0.00000144. The molecule has 1 unspecified atom stereocenters. The highest BCUT2D eigenvalue weighted by Crippen LogP contribution is 2.30. The first-order chi connectivity index (χ1) is 7.57. The summed E-state index contributed by atoms with van der Waals surface area (Å²) in [6.45, 7) is 8.65. The largest absolute Gasteiger partial charge is 0.343 e. The standard InChI is InChI=1S/C13H24N2O.ClH/c1-13(2)4-7-15(8-5-13)12(16)9-11-3-6-14-10-11;/h11,14H,3-10H2,1-2H3;1H. The van der Waals surface area contributed by atoms with Crippen LogP contribution in [0.4, 0.5) is 0 Å². The molecule has 0 radical (unpaired) electrons. The van der Waals surface area contributed by atoms with Crippen molar-refractivity contribution in [3.05, 3.63) is 0 Å². The molecule has 2 rings (SSSR count). The minimum Gasteiger partial charge on any atom is -0.343 e. The van der Waals surface area contributed by atoms with Crippen LogP contribution in [0.3, 0.4) is 0 Å². The van der Waals surface area contributed by atoms with E-state index < -0.39 is 0 Å². The fraction of sp³-hybridized carbons (Fsp3) is 0.923. The quantitative estimate of drug-likeness (QED) is 0.824. The number of carbonyl (C=O) groups is 1. The van der Waals surface area contributed by atoms with E-state index >= 15 is 0 Å². The van der Waals surface area contributed by atoms with Gasteiger partial charge in [-0.25, -0.2) is 0 Å². The van der Waals surface area contributed by atoms with Gasteiger partial charge in [-0.15, -0.1) is 12.4 Å². The fourth-order valence-electron chi connectivity index (χ4n) is 2.63. The van der Waals surface area contributed by atoms with Crippen LogP contribution in [0.25, 0.3) is 0 Å². The third-order valence-electron chi connectivity index (χ3n) is 4.10. The van der Waals surface area contributed by atoms with Crippen molar-refractivity contribution in [2.24, 2.45) is 11.3 Å². The number of carbonyl (C=O) groups excluding carboxylic acids is 1. The molecule has 1 amide bonds. The van der Waals surface area contributed by atoms with Crippen molar-refractivity contribution in [3.63, 3.8) is 0 Å². The summed E-state index contributed by atoms with van der Waals surface area (Å²) in [7, 11) is 0. The molecule has 100 valence electrons. The molecule has 17 heavy (non-hydrogen) atoms. The van der Waals surface area contributed by atoms with Crippen LogP contribution >= 0.6 is 12.4 Å². The summed E-state index contributed by atoms with van der Waals surface area (Å²) < 4.78 is 0. The highest BCUT2D eigenvalue weighted by atomic mass is 35.5. The zero-order chi connectivity index (χ0) is 11.6. The van der Waals surface area contributed by atoms with E-state index in [4.69, 9.17) is 0 Å². The van der Waals surface area contributed by atoms with E-state index in [9.17, 15) is 4.79 Å². The van der Waals surface area contributed by atoms with Crippen molar-refractivity contribution in [1.29, 1.82) is 0 Å². The molecular formula is C13H25ClN2O. The molecule has 1 atom stereocenters. The third kappa shape index (κ3) is 4.14. The van der Waals surface area contributed by atoms with Crippen molar-refractivity contribution >= 4 is 18.3 Å². The van der Waals surface area contributed by atoms with Crippen molar-refractivity contribution in [2.45, 2.75) is 39.5 Å². The van der Waals surface area contributed by atoms with Crippen molar-refractivity contribution in [2.75, 3.05) is 26.2 Å². The average molecular weight is 261 g/mol. The van der Waals surface area contributed by atoms with Crippen LogP contribution in [0.1, 0.15) is 39.5 Å².